The van der Waals surface area contributed by atoms with Crippen LogP contribution in [0.15, 0.2) is 18.2 Å². The number of nitro benzene ring substituents is 1. The van der Waals surface area contributed by atoms with Gasteiger partial charge in [-0.3, -0.25) is 14.9 Å². The third-order valence-electron chi connectivity index (χ3n) is 3.66. The van der Waals surface area contributed by atoms with Crippen LogP contribution in [0.1, 0.15) is 28.8 Å². The maximum atomic E-state index is 12.5. The maximum Gasteiger partial charge on any atom is 0.270 e. The lowest BCUT2D eigenvalue weighted by molar-refractivity contribution is -0.384. The summed E-state index contributed by atoms with van der Waals surface area (Å²) in [6, 6.07) is 4.51. The quantitative estimate of drug-likeness (QED) is 0.672. The van der Waals surface area contributed by atoms with Crippen LogP contribution in [0, 0.1) is 23.0 Å². The van der Waals surface area contributed by atoms with Crippen LogP contribution in [0.3, 0.4) is 0 Å². The van der Waals surface area contributed by atoms with E-state index in [1.807, 2.05) is 0 Å². The van der Waals surface area contributed by atoms with E-state index < -0.39 is 4.92 Å². The van der Waals surface area contributed by atoms with Gasteiger partial charge in [0.15, 0.2) is 0 Å². The van der Waals surface area contributed by atoms with Crippen LogP contribution < -0.4 is 5.73 Å². The van der Waals surface area contributed by atoms with Crippen LogP contribution in [0.25, 0.3) is 0 Å². The molecular weight excluding hydrogens is 258 g/mol. The molecule has 6 heteroatoms. The van der Waals surface area contributed by atoms with Gasteiger partial charge in [0.05, 0.1) is 4.92 Å². The largest absolute Gasteiger partial charge is 0.338 e. The molecule has 20 heavy (non-hydrogen) atoms. The molecule has 1 aromatic carbocycles. The normalized spacial score (nSPS) is 18.9. The first kappa shape index (κ1) is 14.5. The minimum atomic E-state index is -0.470. The number of nitrogens with two attached hydrogens (primary N) is 1. The van der Waals surface area contributed by atoms with E-state index in [4.69, 9.17) is 5.73 Å². The van der Waals surface area contributed by atoms with Crippen molar-refractivity contribution in [2.45, 2.75) is 19.8 Å². The molecule has 2 rings (SSSR count). The lowest BCUT2D eigenvalue weighted by atomic mass is 9.97. The first-order valence-corrected chi connectivity index (χ1v) is 6.76. The Morgan fingerprint density at radius 1 is 1.50 bits per heavy atom. The number of hydrogen-bond acceptors (Lipinski definition) is 4. The Hall–Kier alpha value is -1.95. The van der Waals surface area contributed by atoms with Crippen molar-refractivity contribution in [2.75, 3.05) is 19.6 Å². The van der Waals surface area contributed by atoms with E-state index >= 15 is 0 Å². The van der Waals surface area contributed by atoms with Gasteiger partial charge in [0.25, 0.3) is 11.6 Å². The average Bonchev–Trinajstić information content (AvgIpc) is 2.45. The highest BCUT2D eigenvalue weighted by molar-refractivity contribution is 5.95. The molecule has 1 saturated heterocycles. The predicted octanol–water partition coefficient (Wildman–Crippen LogP) is 1.71. The number of carbonyl (C=O) groups excluding carboxylic acids is 1. The van der Waals surface area contributed by atoms with Crippen molar-refractivity contribution in [3.05, 3.63) is 39.4 Å². The number of carbonyl (C=O) groups is 1. The van der Waals surface area contributed by atoms with E-state index in [1.54, 1.807) is 17.9 Å². The van der Waals surface area contributed by atoms with E-state index in [-0.39, 0.29) is 11.6 Å². The lowest BCUT2D eigenvalue weighted by Gasteiger charge is -2.32. The van der Waals surface area contributed by atoms with Gasteiger partial charge in [-0.25, -0.2) is 0 Å². The molecule has 1 aliphatic rings. The van der Waals surface area contributed by atoms with Crippen molar-refractivity contribution in [3.63, 3.8) is 0 Å². The number of nitrogens with zero attached hydrogens (tertiary/aromatic N) is 2. The molecule has 1 unspecified atom stereocenters. The molecule has 1 aliphatic heterocycles. The van der Waals surface area contributed by atoms with E-state index in [0.29, 0.717) is 31.1 Å². The Bertz CT molecular complexity index is 530. The number of benzene rings is 1. The Kier molecular flexibility index (Phi) is 4.34. The van der Waals surface area contributed by atoms with Gasteiger partial charge in [0.1, 0.15) is 0 Å². The first-order valence-electron chi connectivity index (χ1n) is 6.76. The topological polar surface area (TPSA) is 89.5 Å². The average molecular weight is 277 g/mol. The number of likely N-dealkylation sites (tertiary alicyclic amines) is 1. The molecule has 108 valence electrons. The van der Waals surface area contributed by atoms with Crippen molar-refractivity contribution >= 4 is 11.6 Å². The lowest BCUT2D eigenvalue weighted by Crippen LogP contribution is -2.42. The smallest absolute Gasteiger partial charge is 0.270 e. The van der Waals surface area contributed by atoms with Gasteiger partial charge >= 0.3 is 0 Å². The SMILES string of the molecule is Cc1cc(C(=O)N2CCCC(CN)C2)cc([N+](=O)[O-])c1. The highest BCUT2D eigenvalue weighted by Gasteiger charge is 2.24. The summed E-state index contributed by atoms with van der Waals surface area (Å²) < 4.78 is 0. The van der Waals surface area contributed by atoms with Crippen LogP contribution >= 0.6 is 0 Å². The number of nitro groups is 1. The molecule has 0 radical (unpaired) electrons. The van der Waals surface area contributed by atoms with Crippen molar-refractivity contribution in [3.8, 4) is 0 Å². The fourth-order valence-electron chi connectivity index (χ4n) is 2.62. The van der Waals surface area contributed by atoms with Crippen LogP contribution in [-0.4, -0.2) is 35.4 Å². The van der Waals surface area contributed by atoms with E-state index in [2.05, 4.69) is 0 Å². The van der Waals surface area contributed by atoms with Gasteiger partial charge in [0.2, 0.25) is 0 Å². The van der Waals surface area contributed by atoms with Crippen LogP contribution in [-0.2, 0) is 0 Å². The zero-order valence-electron chi connectivity index (χ0n) is 11.5. The third-order valence-corrected chi connectivity index (χ3v) is 3.66. The van der Waals surface area contributed by atoms with Crippen LogP contribution in [0.4, 0.5) is 5.69 Å². The molecule has 0 aromatic heterocycles. The molecule has 1 fully saturated rings. The summed E-state index contributed by atoms with van der Waals surface area (Å²) >= 11 is 0. The predicted molar refractivity (Wildman–Crippen MR) is 75.5 cm³/mol. The zero-order chi connectivity index (χ0) is 14.7. The zero-order valence-corrected chi connectivity index (χ0v) is 11.5. The van der Waals surface area contributed by atoms with Gasteiger partial charge < -0.3 is 10.6 Å². The molecule has 6 nitrogen and oxygen atoms in total. The summed E-state index contributed by atoms with van der Waals surface area (Å²) in [6.45, 7) is 3.65. The van der Waals surface area contributed by atoms with E-state index in [9.17, 15) is 14.9 Å². The highest BCUT2D eigenvalue weighted by atomic mass is 16.6. The van der Waals surface area contributed by atoms with E-state index in [1.165, 1.54) is 12.1 Å². The third kappa shape index (κ3) is 3.14. The Balaban J connectivity index is 2.22. The van der Waals surface area contributed by atoms with Crippen molar-refractivity contribution in [2.24, 2.45) is 11.7 Å². The summed E-state index contributed by atoms with van der Waals surface area (Å²) in [6.07, 6.45) is 1.97. The molecule has 1 amide bonds. The summed E-state index contributed by atoms with van der Waals surface area (Å²) in [4.78, 5) is 24.6. The minimum absolute atomic E-state index is 0.0410. The van der Waals surface area contributed by atoms with Crippen molar-refractivity contribution in [1.82, 2.24) is 4.90 Å². The molecule has 2 N–H and O–H groups in total. The number of aryl methyl sites for hydroxylation is 1. The number of non-ortho nitro benzene ring substituents is 1. The van der Waals surface area contributed by atoms with Crippen molar-refractivity contribution < 1.29 is 9.72 Å². The summed E-state index contributed by atoms with van der Waals surface area (Å²) in [5, 5.41) is 10.9. The Morgan fingerprint density at radius 2 is 2.25 bits per heavy atom. The first-order chi connectivity index (χ1) is 9.51. The fourth-order valence-corrected chi connectivity index (χ4v) is 2.62. The molecule has 1 aromatic rings. The monoisotopic (exact) mass is 277 g/mol. The van der Waals surface area contributed by atoms with Gasteiger partial charge in [-0.05, 0) is 43.9 Å². The van der Waals surface area contributed by atoms with Gasteiger partial charge in [0, 0.05) is 30.8 Å². The Labute approximate surface area is 117 Å². The minimum Gasteiger partial charge on any atom is -0.338 e. The van der Waals surface area contributed by atoms with Gasteiger partial charge in [-0.1, -0.05) is 0 Å². The van der Waals surface area contributed by atoms with Crippen molar-refractivity contribution in [1.29, 1.82) is 0 Å². The van der Waals surface area contributed by atoms with Gasteiger partial charge in [-0.2, -0.15) is 0 Å². The van der Waals surface area contributed by atoms with Gasteiger partial charge in [-0.15, -0.1) is 0 Å². The number of piperidine rings is 1. The Morgan fingerprint density at radius 3 is 2.90 bits per heavy atom. The summed E-state index contributed by atoms with van der Waals surface area (Å²) in [7, 11) is 0. The second-order valence-electron chi connectivity index (χ2n) is 5.31. The van der Waals surface area contributed by atoms with Crippen LogP contribution in [0.5, 0.6) is 0 Å². The molecule has 0 aliphatic carbocycles. The second-order valence-corrected chi connectivity index (χ2v) is 5.31. The number of hydrogen-bond donors (Lipinski definition) is 1. The van der Waals surface area contributed by atoms with E-state index in [0.717, 1.165) is 18.4 Å². The number of amides is 1. The molecule has 1 heterocycles. The fraction of sp³-hybridized carbons (Fsp3) is 0.500. The molecule has 0 bridgehead atoms. The highest BCUT2D eigenvalue weighted by Crippen LogP contribution is 2.21. The molecule has 1 atom stereocenters. The molecular formula is C14H19N3O3. The summed E-state index contributed by atoms with van der Waals surface area (Å²) in [5.41, 5.74) is 6.73. The molecule has 0 spiro atoms. The molecule has 0 saturated carbocycles. The standard InChI is InChI=1S/C14H19N3O3/c1-10-5-12(7-13(6-10)17(19)20)14(18)16-4-2-3-11(8-15)9-16/h5-7,11H,2-4,8-9,15H2,1H3. The summed E-state index contributed by atoms with van der Waals surface area (Å²) in [5.74, 6) is 0.183. The van der Waals surface area contributed by atoms with Crippen LogP contribution in [0.2, 0.25) is 0 Å². The second kappa shape index (κ2) is 6.00. The maximum absolute atomic E-state index is 12.5. The number of rotatable bonds is 3.